The van der Waals surface area contributed by atoms with Crippen LogP contribution in [0.2, 0.25) is 0 Å². The van der Waals surface area contributed by atoms with Gasteiger partial charge in [0.1, 0.15) is 0 Å². The van der Waals surface area contributed by atoms with Gasteiger partial charge in [-0.2, -0.15) is 0 Å². The van der Waals surface area contributed by atoms with Crippen LogP contribution in [0.1, 0.15) is 51.2 Å². The Bertz CT molecular complexity index is 854. The van der Waals surface area contributed by atoms with E-state index < -0.39 is 0 Å². The van der Waals surface area contributed by atoms with E-state index in [0.29, 0.717) is 18.1 Å². The highest BCUT2D eigenvalue weighted by Gasteiger charge is 2.19. The van der Waals surface area contributed by atoms with Crippen LogP contribution in [-0.2, 0) is 20.7 Å². The van der Waals surface area contributed by atoms with Gasteiger partial charge in [0, 0.05) is 18.6 Å². The maximum absolute atomic E-state index is 12.2. The highest BCUT2D eigenvalue weighted by molar-refractivity contribution is 6.04. The predicted octanol–water partition coefficient (Wildman–Crippen LogP) is 5.53. The van der Waals surface area contributed by atoms with Gasteiger partial charge in [0.05, 0.1) is 13.7 Å². The summed E-state index contributed by atoms with van der Waals surface area (Å²) in [6.45, 7) is 6.54. The van der Waals surface area contributed by atoms with Crippen molar-refractivity contribution in [3.63, 3.8) is 0 Å². The molecule has 0 amide bonds. The van der Waals surface area contributed by atoms with Crippen molar-refractivity contribution in [3.8, 4) is 11.5 Å². The van der Waals surface area contributed by atoms with Crippen molar-refractivity contribution >= 4 is 22.3 Å². The number of rotatable bonds is 11. The monoisotopic (exact) mass is 400 g/mol. The maximum Gasteiger partial charge on any atom is 0.331 e. The number of esters is 1. The Labute approximate surface area is 173 Å². The van der Waals surface area contributed by atoms with Crippen molar-refractivity contribution < 1.29 is 23.7 Å². The second-order valence-corrected chi connectivity index (χ2v) is 6.72. The minimum Gasteiger partial charge on any atom is -0.493 e. The second kappa shape index (κ2) is 11.5. The Morgan fingerprint density at radius 3 is 2.55 bits per heavy atom. The fourth-order valence-corrected chi connectivity index (χ4v) is 3.44. The van der Waals surface area contributed by atoms with Crippen LogP contribution in [0.3, 0.4) is 0 Å². The third-order valence-electron chi connectivity index (χ3n) is 4.81. The van der Waals surface area contributed by atoms with Gasteiger partial charge in [0.2, 0.25) is 0 Å². The summed E-state index contributed by atoms with van der Waals surface area (Å²) in [7, 11) is 3.22. The number of aryl methyl sites for hydroxylation is 1. The first-order valence-electron chi connectivity index (χ1n) is 10.2. The average molecular weight is 401 g/mol. The minimum absolute atomic E-state index is 0.129. The number of ether oxygens (including phenoxy) is 4. The van der Waals surface area contributed by atoms with Crippen molar-refractivity contribution in [2.45, 2.75) is 46.5 Å². The van der Waals surface area contributed by atoms with Crippen LogP contribution < -0.4 is 9.47 Å². The molecule has 2 aromatic carbocycles. The quantitative estimate of drug-likeness (QED) is 0.282. The molecule has 0 N–H and O–H groups in total. The van der Waals surface area contributed by atoms with Gasteiger partial charge in [-0.05, 0) is 54.3 Å². The lowest BCUT2D eigenvalue weighted by Crippen LogP contribution is -2.05. The zero-order valence-corrected chi connectivity index (χ0v) is 18.2. The molecule has 5 nitrogen and oxygen atoms in total. The van der Waals surface area contributed by atoms with E-state index in [4.69, 9.17) is 18.9 Å². The molecular weight excluding hydrogens is 368 g/mol. The third-order valence-corrected chi connectivity index (χ3v) is 4.81. The number of fused-ring (bicyclic) bond motifs is 1. The molecule has 0 saturated heterocycles. The highest BCUT2D eigenvalue weighted by atomic mass is 16.7. The normalized spacial score (nSPS) is 11.6. The Balaban J connectivity index is 2.78. The summed E-state index contributed by atoms with van der Waals surface area (Å²) in [6, 6.07) is 8.15. The molecule has 0 aliphatic carbocycles. The zero-order valence-electron chi connectivity index (χ0n) is 18.2. The molecule has 0 aliphatic heterocycles. The molecule has 2 rings (SSSR count). The summed E-state index contributed by atoms with van der Waals surface area (Å²) in [5, 5.41) is 2.02. The SMILES string of the molecule is CCCC/C(=C/C(=O)OCC)c1cc(OC)c(OCOC)c2c(CC)cccc12. The van der Waals surface area contributed by atoms with Gasteiger partial charge in [-0.1, -0.05) is 38.5 Å². The van der Waals surface area contributed by atoms with Gasteiger partial charge < -0.3 is 18.9 Å². The number of hydrogen-bond donors (Lipinski definition) is 0. The first kappa shape index (κ1) is 22.8. The smallest absolute Gasteiger partial charge is 0.331 e. The van der Waals surface area contributed by atoms with Crippen LogP contribution in [-0.4, -0.2) is 33.6 Å². The number of hydrogen-bond acceptors (Lipinski definition) is 5. The topological polar surface area (TPSA) is 54.0 Å². The van der Waals surface area contributed by atoms with Crippen LogP contribution in [0.5, 0.6) is 11.5 Å². The van der Waals surface area contributed by atoms with Crippen molar-refractivity contribution in [1.82, 2.24) is 0 Å². The number of carbonyl (C=O) groups excluding carboxylic acids is 1. The molecule has 0 atom stereocenters. The zero-order chi connectivity index (χ0) is 21.2. The average Bonchev–Trinajstić information content (AvgIpc) is 2.74. The Morgan fingerprint density at radius 2 is 1.93 bits per heavy atom. The Kier molecular flexibility index (Phi) is 9.00. The lowest BCUT2D eigenvalue weighted by atomic mass is 9.91. The van der Waals surface area contributed by atoms with E-state index in [1.165, 1.54) is 0 Å². The molecule has 0 bridgehead atoms. The first-order valence-corrected chi connectivity index (χ1v) is 10.2. The summed E-state index contributed by atoms with van der Waals surface area (Å²) in [5.41, 5.74) is 3.07. The van der Waals surface area contributed by atoms with Gasteiger partial charge >= 0.3 is 5.97 Å². The molecule has 0 spiro atoms. The first-order chi connectivity index (χ1) is 14.1. The van der Waals surface area contributed by atoms with E-state index >= 15 is 0 Å². The molecular formula is C24H32O5. The van der Waals surface area contributed by atoms with Crippen LogP contribution in [0.4, 0.5) is 0 Å². The minimum atomic E-state index is -0.322. The molecule has 0 aromatic heterocycles. The Hall–Kier alpha value is -2.53. The Morgan fingerprint density at radius 1 is 1.14 bits per heavy atom. The fraction of sp³-hybridized carbons (Fsp3) is 0.458. The summed E-state index contributed by atoms with van der Waals surface area (Å²) in [6.07, 6.45) is 5.25. The molecule has 29 heavy (non-hydrogen) atoms. The van der Waals surface area contributed by atoms with E-state index in [-0.39, 0.29) is 12.8 Å². The summed E-state index contributed by atoms with van der Waals surface area (Å²) in [4.78, 5) is 12.2. The van der Waals surface area contributed by atoms with Crippen LogP contribution in [0, 0.1) is 0 Å². The van der Waals surface area contributed by atoms with E-state index in [1.807, 2.05) is 19.1 Å². The second-order valence-electron chi connectivity index (χ2n) is 6.72. The van der Waals surface area contributed by atoms with Crippen molar-refractivity contribution in [2.75, 3.05) is 27.6 Å². The summed E-state index contributed by atoms with van der Waals surface area (Å²) >= 11 is 0. The van der Waals surface area contributed by atoms with Crippen LogP contribution in [0.15, 0.2) is 30.3 Å². The van der Waals surface area contributed by atoms with E-state index in [0.717, 1.165) is 53.2 Å². The van der Waals surface area contributed by atoms with Gasteiger partial charge in [-0.15, -0.1) is 0 Å². The lowest BCUT2D eigenvalue weighted by molar-refractivity contribution is -0.137. The van der Waals surface area contributed by atoms with Crippen LogP contribution in [0.25, 0.3) is 16.3 Å². The standard InChI is InChI=1S/C24H32O5/c1-6-9-11-18(14-22(25)28-8-3)20-15-21(27-5)24(29-16-26-4)23-17(7-2)12-10-13-19(20)23/h10,12-15H,6-9,11,16H2,1-5H3/b18-14-. The number of carbonyl (C=O) groups is 1. The van der Waals surface area contributed by atoms with Gasteiger partial charge in [-0.3, -0.25) is 0 Å². The van der Waals surface area contributed by atoms with Gasteiger partial charge in [0.15, 0.2) is 18.3 Å². The molecule has 0 aliphatic rings. The number of benzene rings is 2. The largest absolute Gasteiger partial charge is 0.493 e. The van der Waals surface area contributed by atoms with E-state index in [9.17, 15) is 4.79 Å². The van der Waals surface area contributed by atoms with E-state index in [2.05, 4.69) is 26.0 Å². The van der Waals surface area contributed by atoms with Gasteiger partial charge in [0.25, 0.3) is 0 Å². The molecule has 5 heteroatoms. The molecule has 0 fully saturated rings. The van der Waals surface area contributed by atoms with Crippen molar-refractivity contribution in [2.24, 2.45) is 0 Å². The summed E-state index contributed by atoms with van der Waals surface area (Å²) < 4.78 is 21.9. The van der Waals surface area contributed by atoms with E-state index in [1.54, 1.807) is 20.3 Å². The maximum atomic E-state index is 12.2. The molecule has 0 heterocycles. The van der Waals surface area contributed by atoms with Crippen LogP contribution >= 0.6 is 0 Å². The molecule has 2 aromatic rings. The molecule has 0 unspecified atom stereocenters. The molecule has 0 radical (unpaired) electrons. The lowest BCUT2D eigenvalue weighted by Gasteiger charge is -2.19. The van der Waals surface area contributed by atoms with Crippen molar-refractivity contribution in [1.29, 1.82) is 0 Å². The molecule has 158 valence electrons. The third kappa shape index (κ3) is 5.51. The summed E-state index contributed by atoms with van der Waals surface area (Å²) in [5.74, 6) is 0.963. The number of allylic oxidation sites excluding steroid dienone is 1. The number of methoxy groups -OCH3 is 2. The van der Waals surface area contributed by atoms with Gasteiger partial charge in [-0.25, -0.2) is 4.79 Å². The highest BCUT2D eigenvalue weighted by Crippen LogP contribution is 2.43. The molecule has 0 saturated carbocycles. The predicted molar refractivity (Wildman–Crippen MR) is 117 cm³/mol. The number of unbranched alkanes of at least 4 members (excludes halogenated alkanes) is 1. The fourth-order valence-electron chi connectivity index (χ4n) is 3.44. The van der Waals surface area contributed by atoms with Crippen molar-refractivity contribution in [3.05, 3.63) is 41.5 Å².